The van der Waals surface area contributed by atoms with Crippen LogP contribution in [0, 0.1) is 5.92 Å². The first-order valence-corrected chi connectivity index (χ1v) is 6.34. The Bertz CT molecular complexity index is 315. The molecule has 0 bridgehead atoms. The highest BCUT2D eigenvalue weighted by Gasteiger charge is 2.07. The number of nitrogens with zero attached hydrogens (tertiary/aromatic N) is 1. The van der Waals surface area contributed by atoms with Gasteiger partial charge in [-0.25, -0.2) is 4.98 Å². The van der Waals surface area contributed by atoms with E-state index in [0.29, 0.717) is 11.2 Å². The van der Waals surface area contributed by atoms with Crippen LogP contribution in [0.2, 0.25) is 5.15 Å². The molecule has 2 atom stereocenters. The lowest BCUT2D eigenvalue weighted by Gasteiger charge is -2.17. The molecule has 0 radical (unpaired) electrons. The standard InChI is InChI=1S/C13H21ClN2/c1-4-10(2)8-11(3)16-9-12-6-5-7-15-13(12)14/h5-7,10-11,16H,4,8-9H2,1-3H3. The number of nitrogens with one attached hydrogen (secondary N) is 1. The van der Waals surface area contributed by atoms with Crippen molar-refractivity contribution in [1.82, 2.24) is 10.3 Å². The van der Waals surface area contributed by atoms with Crippen molar-refractivity contribution in [2.45, 2.75) is 46.2 Å². The molecule has 3 heteroatoms. The van der Waals surface area contributed by atoms with Crippen molar-refractivity contribution in [3.8, 4) is 0 Å². The Kier molecular flexibility index (Phi) is 5.78. The van der Waals surface area contributed by atoms with Gasteiger partial charge in [-0.3, -0.25) is 0 Å². The minimum absolute atomic E-state index is 0.520. The zero-order valence-electron chi connectivity index (χ0n) is 10.3. The summed E-state index contributed by atoms with van der Waals surface area (Å²) < 4.78 is 0. The van der Waals surface area contributed by atoms with Gasteiger partial charge in [0.05, 0.1) is 0 Å². The molecular formula is C13H21ClN2. The van der Waals surface area contributed by atoms with Crippen molar-refractivity contribution < 1.29 is 0 Å². The number of hydrogen-bond acceptors (Lipinski definition) is 2. The number of aromatic nitrogens is 1. The second-order valence-electron chi connectivity index (χ2n) is 4.48. The van der Waals surface area contributed by atoms with E-state index in [2.05, 4.69) is 31.1 Å². The Balaban J connectivity index is 2.37. The molecule has 0 aliphatic carbocycles. The Labute approximate surface area is 103 Å². The number of pyridine rings is 1. The topological polar surface area (TPSA) is 24.9 Å². The van der Waals surface area contributed by atoms with E-state index in [-0.39, 0.29) is 0 Å². The molecule has 1 aromatic heterocycles. The lowest BCUT2D eigenvalue weighted by atomic mass is 10.0. The van der Waals surface area contributed by atoms with E-state index >= 15 is 0 Å². The Hall–Kier alpha value is -0.600. The highest BCUT2D eigenvalue weighted by molar-refractivity contribution is 6.30. The smallest absolute Gasteiger partial charge is 0.133 e. The summed E-state index contributed by atoms with van der Waals surface area (Å²) >= 11 is 5.99. The van der Waals surface area contributed by atoms with Crippen LogP contribution in [0.25, 0.3) is 0 Å². The molecule has 0 fully saturated rings. The van der Waals surface area contributed by atoms with Gasteiger partial charge in [0.2, 0.25) is 0 Å². The highest BCUT2D eigenvalue weighted by atomic mass is 35.5. The third kappa shape index (κ3) is 4.50. The quantitative estimate of drug-likeness (QED) is 0.768. The lowest BCUT2D eigenvalue weighted by molar-refractivity contribution is 0.412. The number of hydrogen-bond donors (Lipinski definition) is 1. The van der Waals surface area contributed by atoms with Gasteiger partial charge in [0, 0.05) is 24.3 Å². The fraction of sp³-hybridized carbons (Fsp3) is 0.615. The van der Waals surface area contributed by atoms with Gasteiger partial charge in [-0.15, -0.1) is 0 Å². The predicted molar refractivity (Wildman–Crippen MR) is 69.6 cm³/mol. The molecule has 1 aromatic rings. The van der Waals surface area contributed by atoms with Gasteiger partial charge >= 0.3 is 0 Å². The summed E-state index contributed by atoms with van der Waals surface area (Å²) in [6.07, 6.45) is 4.16. The second kappa shape index (κ2) is 6.87. The summed E-state index contributed by atoms with van der Waals surface area (Å²) in [5.74, 6) is 0.770. The molecule has 0 aliphatic rings. The molecule has 0 aliphatic heterocycles. The highest BCUT2D eigenvalue weighted by Crippen LogP contribution is 2.13. The lowest BCUT2D eigenvalue weighted by Crippen LogP contribution is -2.27. The molecule has 2 nitrogen and oxygen atoms in total. The molecule has 0 saturated heterocycles. The molecule has 0 amide bonds. The third-order valence-corrected chi connectivity index (χ3v) is 3.27. The van der Waals surface area contributed by atoms with Crippen molar-refractivity contribution in [2.75, 3.05) is 0 Å². The van der Waals surface area contributed by atoms with Gasteiger partial charge in [-0.05, 0) is 25.3 Å². The monoisotopic (exact) mass is 240 g/mol. The fourth-order valence-corrected chi connectivity index (χ4v) is 1.88. The average Bonchev–Trinajstić information content (AvgIpc) is 2.28. The molecule has 2 unspecified atom stereocenters. The summed E-state index contributed by atoms with van der Waals surface area (Å²) in [6.45, 7) is 7.53. The Morgan fingerprint density at radius 1 is 1.44 bits per heavy atom. The minimum atomic E-state index is 0.520. The first kappa shape index (κ1) is 13.5. The SMILES string of the molecule is CCC(C)CC(C)NCc1cccnc1Cl. The van der Waals surface area contributed by atoms with E-state index in [1.807, 2.05) is 12.1 Å². The summed E-state index contributed by atoms with van der Waals surface area (Å²) in [4.78, 5) is 4.06. The van der Waals surface area contributed by atoms with Crippen molar-refractivity contribution in [3.05, 3.63) is 29.0 Å². The van der Waals surface area contributed by atoms with Crippen LogP contribution in [0.3, 0.4) is 0 Å². The molecule has 1 rings (SSSR count). The summed E-state index contributed by atoms with van der Waals surface area (Å²) in [7, 11) is 0. The molecule has 16 heavy (non-hydrogen) atoms. The number of rotatable bonds is 6. The molecule has 90 valence electrons. The average molecular weight is 241 g/mol. The van der Waals surface area contributed by atoms with Crippen LogP contribution in [0.1, 0.15) is 39.2 Å². The van der Waals surface area contributed by atoms with Gasteiger partial charge in [0.15, 0.2) is 0 Å². The molecule has 1 heterocycles. The van der Waals surface area contributed by atoms with Gasteiger partial charge in [0.1, 0.15) is 5.15 Å². The first-order chi connectivity index (χ1) is 7.63. The maximum Gasteiger partial charge on any atom is 0.133 e. The van der Waals surface area contributed by atoms with Crippen molar-refractivity contribution in [1.29, 1.82) is 0 Å². The van der Waals surface area contributed by atoms with Gasteiger partial charge < -0.3 is 5.32 Å². The van der Waals surface area contributed by atoms with E-state index < -0.39 is 0 Å². The molecular weight excluding hydrogens is 220 g/mol. The van der Waals surface area contributed by atoms with Crippen LogP contribution < -0.4 is 5.32 Å². The van der Waals surface area contributed by atoms with Crippen molar-refractivity contribution in [2.24, 2.45) is 5.92 Å². The Morgan fingerprint density at radius 2 is 2.19 bits per heavy atom. The van der Waals surface area contributed by atoms with E-state index in [1.54, 1.807) is 6.20 Å². The van der Waals surface area contributed by atoms with Crippen molar-refractivity contribution in [3.63, 3.8) is 0 Å². The Morgan fingerprint density at radius 3 is 2.81 bits per heavy atom. The zero-order valence-corrected chi connectivity index (χ0v) is 11.1. The number of halogens is 1. The molecule has 0 saturated carbocycles. The van der Waals surface area contributed by atoms with Gasteiger partial charge in [-0.2, -0.15) is 0 Å². The summed E-state index contributed by atoms with van der Waals surface area (Å²) in [5, 5.41) is 4.08. The minimum Gasteiger partial charge on any atom is -0.310 e. The van der Waals surface area contributed by atoms with Crippen LogP contribution in [-0.2, 0) is 6.54 Å². The van der Waals surface area contributed by atoms with Crippen LogP contribution in [0.15, 0.2) is 18.3 Å². The fourth-order valence-electron chi connectivity index (χ4n) is 1.69. The predicted octanol–water partition coefficient (Wildman–Crippen LogP) is 3.65. The van der Waals surface area contributed by atoms with Crippen LogP contribution in [0.5, 0.6) is 0 Å². The van der Waals surface area contributed by atoms with Crippen LogP contribution in [-0.4, -0.2) is 11.0 Å². The van der Waals surface area contributed by atoms with E-state index in [9.17, 15) is 0 Å². The third-order valence-electron chi connectivity index (χ3n) is 2.93. The van der Waals surface area contributed by atoms with Crippen LogP contribution in [0.4, 0.5) is 0 Å². The largest absolute Gasteiger partial charge is 0.310 e. The molecule has 0 spiro atoms. The normalized spacial score (nSPS) is 14.8. The maximum atomic E-state index is 5.99. The van der Waals surface area contributed by atoms with E-state index in [1.165, 1.54) is 12.8 Å². The zero-order chi connectivity index (χ0) is 12.0. The molecule has 0 aromatic carbocycles. The summed E-state index contributed by atoms with van der Waals surface area (Å²) in [5.41, 5.74) is 1.07. The maximum absolute atomic E-state index is 5.99. The summed E-state index contributed by atoms with van der Waals surface area (Å²) in [6, 6.07) is 4.45. The van der Waals surface area contributed by atoms with Gasteiger partial charge in [-0.1, -0.05) is 37.9 Å². The van der Waals surface area contributed by atoms with Gasteiger partial charge in [0.25, 0.3) is 0 Å². The van der Waals surface area contributed by atoms with E-state index in [4.69, 9.17) is 11.6 Å². The second-order valence-corrected chi connectivity index (χ2v) is 4.84. The first-order valence-electron chi connectivity index (χ1n) is 5.96. The van der Waals surface area contributed by atoms with Crippen LogP contribution >= 0.6 is 11.6 Å². The molecule has 1 N–H and O–H groups in total. The van der Waals surface area contributed by atoms with E-state index in [0.717, 1.165) is 18.0 Å². The van der Waals surface area contributed by atoms with Crippen molar-refractivity contribution >= 4 is 11.6 Å².